The first-order chi connectivity index (χ1) is 18.6. The fourth-order valence-electron chi connectivity index (χ4n) is 7.49. The predicted octanol–water partition coefficient (Wildman–Crippen LogP) is 10.2. The molecular weight excluding hydrogens is 474 g/mol. The minimum absolute atomic E-state index is 0.346. The Balaban J connectivity index is 1.50. The van der Waals surface area contributed by atoms with Gasteiger partial charge in [0.1, 0.15) is 18.5 Å². The number of rotatable bonds is 2. The molecule has 5 aromatic rings. The molecule has 0 N–H and O–H groups in total. The Morgan fingerprint density at radius 3 is 2.36 bits per heavy atom. The standard InChI is InChI=1S/C37H40NO/c1-21(2)32-28-10-8-22(3)18-30(28)23(4)33-35-34-29(14-17-38(35)7)27-11-9-25(24-12-15-37(5,6)16-13-24)19-26(27)20-31(34)39-36(32)33/h8-11,14,17-21,24H,12-13,15-16H2,1-7H3/q+1. The molecule has 1 saturated carbocycles. The molecule has 39 heavy (non-hydrogen) atoms. The molecule has 0 saturated heterocycles. The summed E-state index contributed by atoms with van der Waals surface area (Å²) in [6.07, 6.45) is 7.42. The largest absolute Gasteiger partial charge is 0.455 e. The zero-order valence-corrected chi connectivity index (χ0v) is 24.5. The fraction of sp³-hybridized carbons (Fsp3) is 0.378. The zero-order valence-electron chi connectivity index (χ0n) is 24.5. The minimum Gasteiger partial charge on any atom is -0.455 e. The Bertz CT molecular complexity index is 1810. The van der Waals surface area contributed by atoms with E-state index in [1.165, 1.54) is 91.5 Å². The van der Waals surface area contributed by atoms with Crippen molar-refractivity contribution < 1.29 is 9.30 Å². The first-order valence-corrected chi connectivity index (χ1v) is 14.8. The van der Waals surface area contributed by atoms with Gasteiger partial charge in [0, 0.05) is 17.0 Å². The molecule has 2 heteroatoms. The lowest BCUT2D eigenvalue weighted by atomic mass is 9.71. The summed E-state index contributed by atoms with van der Waals surface area (Å²) in [5, 5.41) is 7.78. The molecule has 1 aromatic heterocycles. The molecule has 2 aliphatic rings. The van der Waals surface area contributed by atoms with Gasteiger partial charge in [0.15, 0.2) is 6.20 Å². The summed E-state index contributed by atoms with van der Waals surface area (Å²) in [5.74, 6) is 3.04. The van der Waals surface area contributed by atoms with Crippen molar-refractivity contribution in [3.63, 3.8) is 0 Å². The average Bonchev–Trinajstić information content (AvgIpc) is 2.89. The number of ether oxygens (including phenoxy) is 1. The van der Waals surface area contributed by atoms with Crippen molar-refractivity contribution in [2.45, 2.75) is 79.1 Å². The minimum atomic E-state index is 0.346. The van der Waals surface area contributed by atoms with Crippen LogP contribution in [0.5, 0.6) is 11.5 Å². The molecular formula is C37H40NO+. The van der Waals surface area contributed by atoms with Crippen molar-refractivity contribution in [2.75, 3.05) is 0 Å². The Morgan fingerprint density at radius 2 is 1.62 bits per heavy atom. The third-order valence-corrected chi connectivity index (χ3v) is 9.78. The van der Waals surface area contributed by atoms with Crippen LogP contribution in [-0.2, 0) is 7.05 Å². The normalized spacial score (nSPS) is 16.7. The van der Waals surface area contributed by atoms with E-state index in [0.717, 1.165) is 11.5 Å². The highest BCUT2D eigenvalue weighted by Crippen LogP contribution is 2.53. The van der Waals surface area contributed by atoms with Crippen molar-refractivity contribution in [1.82, 2.24) is 0 Å². The molecule has 1 fully saturated rings. The van der Waals surface area contributed by atoms with E-state index in [9.17, 15) is 0 Å². The molecule has 0 radical (unpaired) electrons. The van der Waals surface area contributed by atoms with Crippen LogP contribution in [0.15, 0.2) is 54.7 Å². The van der Waals surface area contributed by atoms with E-state index in [1.807, 2.05) is 0 Å². The summed E-state index contributed by atoms with van der Waals surface area (Å²) < 4.78 is 9.33. The first-order valence-electron chi connectivity index (χ1n) is 14.8. The number of benzene rings is 4. The van der Waals surface area contributed by atoms with Crippen molar-refractivity contribution in [1.29, 1.82) is 0 Å². The van der Waals surface area contributed by atoms with E-state index in [4.69, 9.17) is 4.74 Å². The lowest BCUT2D eigenvalue weighted by Crippen LogP contribution is -2.32. The summed E-state index contributed by atoms with van der Waals surface area (Å²) in [7, 11) is 2.18. The van der Waals surface area contributed by atoms with Gasteiger partial charge in [0.05, 0.1) is 10.9 Å². The number of aryl methyl sites for hydroxylation is 3. The molecule has 0 unspecified atom stereocenters. The summed E-state index contributed by atoms with van der Waals surface area (Å²) in [5.41, 5.74) is 8.40. The topological polar surface area (TPSA) is 13.1 Å². The molecule has 0 spiro atoms. The monoisotopic (exact) mass is 514 g/mol. The third kappa shape index (κ3) is 3.71. The SMILES string of the molecule is Cc1ccc2c(C(C)C)c3c(c(C)c2c1)-c1c2c(cc4cc(C5CCC(C)(C)CC5)ccc4c2cc[n+]1C)O3. The first kappa shape index (κ1) is 24.6. The molecule has 2 nitrogen and oxygen atoms in total. The highest BCUT2D eigenvalue weighted by atomic mass is 16.5. The van der Waals surface area contributed by atoms with Gasteiger partial charge in [-0.2, -0.15) is 0 Å². The van der Waals surface area contributed by atoms with Gasteiger partial charge in [-0.1, -0.05) is 69.7 Å². The maximum absolute atomic E-state index is 7.02. The molecule has 7 rings (SSSR count). The van der Waals surface area contributed by atoms with Gasteiger partial charge < -0.3 is 4.74 Å². The van der Waals surface area contributed by atoms with Crippen LogP contribution >= 0.6 is 0 Å². The predicted molar refractivity (Wildman–Crippen MR) is 164 cm³/mol. The van der Waals surface area contributed by atoms with Gasteiger partial charge in [0.2, 0.25) is 5.69 Å². The number of nitrogens with zero attached hydrogens (tertiary/aromatic N) is 1. The van der Waals surface area contributed by atoms with E-state index < -0.39 is 0 Å². The van der Waals surface area contributed by atoms with Gasteiger partial charge in [-0.05, 0) is 95.5 Å². The highest BCUT2D eigenvalue weighted by molar-refractivity contribution is 6.16. The van der Waals surface area contributed by atoms with E-state index in [1.54, 1.807) is 0 Å². The Hall–Kier alpha value is -3.39. The van der Waals surface area contributed by atoms with Crippen molar-refractivity contribution in [3.05, 3.63) is 77.0 Å². The molecule has 0 bridgehead atoms. The van der Waals surface area contributed by atoms with E-state index >= 15 is 0 Å². The van der Waals surface area contributed by atoms with Crippen LogP contribution in [0.3, 0.4) is 0 Å². The fourth-order valence-corrected chi connectivity index (χ4v) is 7.49. The quantitative estimate of drug-likeness (QED) is 0.165. The Labute approximate surface area is 232 Å². The van der Waals surface area contributed by atoms with Gasteiger partial charge in [0.25, 0.3) is 0 Å². The van der Waals surface area contributed by atoms with Crippen LogP contribution in [0.25, 0.3) is 43.6 Å². The second-order valence-electron chi connectivity index (χ2n) is 13.4. The Kier molecular flexibility index (Phi) is 5.40. The van der Waals surface area contributed by atoms with Gasteiger partial charge in [-0.3, -0.25) is 0 Å². The summed E-state index contributed by atoms with van der Waals surface area (Å²) in [4.78, 5) is 0. The van der Waals surface area contributed by atoms with Crippen LogP contribution in [-0.4, -0.2) is 0 Å². The Morgan fingerprint density at radius 1 is 0.872 bits per heavy atom. The number of hydrogen-bond acceptors (Lipinski definition) is 1. The molecule has 0 amide bonds. The average molecular weight is 515 g/mol. The molecule has 1 aliphatic heterocycles. The maximum atomic E-state index is 7.02. The molecule has 4 aromatic carbocycles. The lowest BCUT2D eigenvalue weighted by Gasteiger charge is -2.34. The smallest absolute Gasteiger partial charge is 0.228 e. The van der Waals surface area contributed by atoms with Crippen LogP contribution in [0.4, 0.5) is 0 Å². The second kappa shape index (κ2) is 8.55. The van der Waals surface area contributed by atoms with Gasteiger partial charge in [-0.25, -0.2) is 4.57 Å². The van der Waals surface area contributed by atoms with Crippen LogP contribution in [0.2, 0.25) is 0 Å². The highest BCUT2D eigenvalue weighted by Gasteiger charge is 2.34. The maximum Gasteiger partial charge on any atom is 0.228 e. The van der Waals surface area contributed by atoms with E-state index in [0.29, 0.717) is 17.3 Å². The van der Waals surface area contributed by atoms with E-state index in [2.05, 4.69) is 108 Å². The summed E-state index contributed by atoms with van der Waals surface area (Å²) in [6, 6.07) is 18.7. The lowest BCUT2D eigenvalue weighted by molar-refractivity contribution is -0.659. The van der Waals surface area contributed by atoms with Crippen LogP contribution in [0.1, 0.15) is 87.5 Å². The van der Waals surface area contributed by atoms with E-state index in [-0.39, 0.29) is 0 Å². The van der Waals surface area contributed by atoms with Gasteiger partial charge in [-0.15, -0.1) is 0 Å². The zero-order chi connectivity index (χ0) is 27.2. The number of pyridine rings is 1. The van der Waals surface area contributed by atoms with Crippen LogP contribution < -0.4 is 9.30 Å². The molecule has 198 valence electrons. The summed E-state index contributed by atoms with van der Waals surface area (Å²) >= 11 is 0. The molecule has 2 heterocycles. The number of hydrogen-bond donors (Lipinski definition) is 0. The van der Waals surface area contributed by atoms with Crippen molar-refractivity contribution >= 4 is 32.3 Å². The van der Waals surface area contributed by atoms with Gasteiger partial charge >= 0.3 is 0 Å². The van der Waals surface area contributed by atoms with Crippen molar-refractivity contribution in [3.8, 4) is 22.8 Å². The van der Waals surface area contributed by atoms with Crippen molar-refractivity contribution in [2.24, 2.45) is 12.5 Å². The van der Waals surface area contributed by atoms with Crippen LogP contribution in [0, 0.1) is 19.3 Å². The second-order valence-corrected chi connectivity index (χ2v) is 13.4. The number of aromatic nitrogens is 1. The third-order valence-electron chi connectivity index (χ3n) is 9.78. The molecule has 1 aliphatic carbocycles. The molecule has 0 atom stereocenters. The summed E-state index contributed by atoms with van der Waals surface area (Å²) in [6.45, 7) is 13.9. The number of fused-ring (bicyclic) bond motifs is 5.